The fourth-order valence-electron chi connectivity index (χ4n) is 8.33. The first-order valence-corrected chi connectivity index (χ1v) is 18.8. The van der Waals surface area contributed by atoms with Gasteiger partial charge in [-0.25, -0.2) is 9.97 Å². The molecule has 6 aromatic carbocycles. The molecule has 52 heavy (non-hydrogen) atoms. The average molecular weight is 685 g/mol. The van der Waals surface area contributed by atoms with Crippen LogP contribution in [0.5, 0.6) is 5.75 Å². The van der Waals surface area contributed by atoms with Gasteiger partial charge in [0.15, 0.2) is 5.82 Å². The van der Waals surface area contributed by atoms with Crippen LogP contribution in [0.15, 0.2) is 163 Å². The molecule has 2 aliphatic carbocycles. The van der Waals surface area contributed by atoms with E-state index in [-0.39, 0.29) is 12.0 Å². The Bertz CT molecular complexity index is 2840. The Morgan fingerprint density at radius 3 is 2.33 bits per heavy atom. The Balaban J connectivity index is 1.04. The van der Waals surface area contributed by atoms with Crippen LogP contribution in [-0.2, 0) is 0 Å². The lowest BCUT2D eigenvalue weighted by Gasteiger charge is -2.29. The molecule has 3 nitrogen and oxygen atoms in total. The normalized spacial score (nSPS) is 17.4. The van der Waals surface area contributed by atoms with Gasteiger partial charge in [0.2, 0.25) is 0 Å². The number of benzene rings is 6. The van der Waals surface area contributed by atoms with E-state index in [0.29, 0.717) is 0 Å². The summed E-state index contributed by atoms with van der Waals surface area (Å²) in [6.07, 6.45) is 11.4. The lowest BCUT2D eigenvalue weighted by molar-refractivity contribution is 0.220. The van der Waals surface area contributed by atoms with Crippen LogP contribution in [0.1, 0.15) is 41.6 Å². The van der Waals surface area contributed by atoms with Crippen molar-refractivity contribution in [3.05, 3.63) is 180 Å². The largest absolute Gasteiger partial charge is 0.484 e. The molecule has 0 N–H and O–H groups in total. The third kappa shape index (κ3) is 4.72. The molecule has 4 heteroatoms. The monoisotopic (exact) mass is 684 g/mol. The summed E-state index contributed by atoms with van der Waals surface area (Å²) >= 11 is 1.77. The Hall–Kier alpha value is -6.10. The van der Waals surface area contributed by atoms with Crippen molar-refractivity contribution in [2.75, 3.05) is 0 Å². The van der Waals surface area contributed by atoms with Crippen LogP contribution in [0.3, 0.4) is 0 Å². The van der Waals surface area contributed by atoms with Gasteiger partial charge in [0, 0.05) is 32.3 Å². The maximum absolute atomic E-state index is 6.80. The first-order valence-electron chi connectivity index (χ1n) is 18.0. The fourth-order valence-corrected chi connectivity index (χ4v) is 9.49. The van der Waals surface area contributed by atoms with E-state index in [2.05, 4.69) is 158 Å². The summed E-state index contributed by atoms with van der Waals surface area (Å²) in [5.74, 6) is 1.76. The van der Waals surface area contributed by atoms with Crippen molar-refractivity contribution in [3.63, 3.8) is 0 Å². The molecule has 0 fully saturated rings. The highest BCUT2D eigenvalue weighted by atomic mass is 32.1. The minimum atomic E-state index is -0.0708. The van der Waals surface area contributed by atoms with Crippen LogP contribution in [0.25, 0.3) is 70.9 Å². The number of thiophene rings is 1. The highest BCUT2D eigenvalue weighted by Crippen LogP contribution is 2.56. The van der Waals surface area contributed by atoms with Crippen LogP contribution in [-0.4, -0.2) is 9.97 Å². The molecule has 2 atom stereocenters. The van der Waals surface area contributed by atoms with Crippen molar-refractivity contribution in [2.45, 2.75) is 24.9 Å². The molecule has 8 aromatic rings. The summed E-state index contributed by atoms with van der Waals surface area (Å²) in [5.41, 5.74) is 12.7. The summed E-state index contributed by atoms with van der Waals surface area (Å²) in [6.45, 7) is 0. The minimum Gasteiger partial charge on any atom is -0.484 e. The second-order valence-electron chi connectivity index (χ2n) is 13.9. The van der Waals surface area contributed by atoms with Crippen molar-refractivity contribution < 1.29 is 4.74 Å². The Kier molecular flexibility index (Phi) is 6.68. The molecular weight excluding hydrogens is 653 g/mol. The van der Waals surface area contributed by atoms with Gasteiger partial charge in [-0.2, -0.15) is 0 Å². The lowest BCUT2D eigenvalue weighted by atomic mass is 9.75. The van der Waals surface area contributed by atoms with Crippen LogP contribution in [0.2, 0.25) is 0 Å². The number of rotatable bonds is 4. The average Bonchev–Trinajstić information content (AvgIpc) is 3.79. The predicted octanol–water partition coefficient (Wildman–Crippen LogP) is 12.9. The quantitative estimate of drug-likeness (QED) is 0.185. The van der Waals surface area contributed by atoms with Crippen molar-refractivity contribution in [1.29, 1.82) is 0 Å². The number of fused-ring (bicyclic) bond motifs is 9. The highest BCUT2D eigenvalue weighted by Gasteiger charge is 2.42. The minimum absolute atomic E-state index is 0.0708. The van der Waals surface area contributed by atoms with E-state index in [1.807, 2.05) is 0 Å². The molecule has 0 radical (unpaired) electrons. The van der Waals surface area contributed by atoms with E-state index in [9.17, 15) is 0 Å². The summed E-state index contributed by atoms with van der Waals surface area (Å²) in [4.78, 5) is 10.7. The van der Waals surface area contributed by atoms with E-state index in [4.69, 9.17) is 14.7 Å². The number of hydrogen-bond donors (Lipinski definition) is 0. The number of aromatic nitrogens is 2. The SMILES string of the molecule is C1=CC(C2=Cc3ccccc3C3Oc4ccc(-c5nc(-c6ccc(-c7ccc8ccccc8c7)cc6)c6sc7ccccc7c6n5)cc4C23)=CCC1. The van der Waals surface area contributed by atoms with Gasteiger partial charge in [0.1, 0.15) is 11.9 Å². The molecule has 11 rings (SSSR count). The molecule has 0 saturated heterocycles. The number of nitrogens with zero attached hydrogens (tertiary/aromatic N) is 2. The van der Waals surface area contributed by atoms with Gasteiger partial charge in [-0.05, 0) is 87.9 Å². The molecule has 3 heterocycles. The first kappa shape index (κ1) is 29.6. The highest BCUT2D eigenvalue weighted by molar-refractivity contribution is 7.26. The summed E-state index contributed by atoms with van der Waals surface area (Å²) in [5, 5.41) is 3.66. The molecule has 2 unspecified atom stereocenters. The Labute approximate surface area is 305 Å². The van der Waals surface area contributed by atoms with Gasteiger partial charge in [0.05, 0.1) is 21.8 Å². The van der Waals surface area contributed by atoms with Gasteiger partial charge < -0.3 is 4.74 Å². The van der Waals surface area contributed by atoms with Gasteiger partial charge in [0.25, 0.3) is 0 Å². The van der Waals surface area contributed by atoms with Gasteiger partial charge in [-0.3, -0.25) is 0 Å². The molecule has 0 saturated carbocycles. The molecule has 0 amide bonds. The van der Waals surface area contributed by atoms with Gasteiger partial charge in [-0.15, -0.1) is 11.3 Å². The van der Waals surface area contributed by atoms with Gasteiger partial charge in [-0.1, -0.05) is 121 Å². The van der Waals surface area contributed by atoms with Crippen molar-refractivity contribution in [3.8, 4) is 39.5 Å². The summed E-state index contributed by atoms with van der Waals surface area (Å²) < 4.78 is 9.12. The molecule has 1 aliphatic heterocycles. The fraction of sp³-hybridized carbons (Fsp3) is 0.0833. The van der Waals surface area contributed by atoms with E-state index < -0.39 is 0 Å². The molecular formula is C48H32N2OS. The van der Waals surface area contributed by atoms with Crippen molar-refractivity contribution >= 4 is 48.5 Å². The van der Waals surface area contributed by atoms with Crippen molar-refractivity contribution in [2.24, 2.45) is 0 Å². The zero-order valence-corrected chi connectivity index (χ0v) is 29.1. The van der Waals surface area contributed by atoms with E-state index in [1.165, 1.54) is 54.4 Å². The van der Waals surface area contributed by atoms with Crippen LogP contribution < -0.4 is 4.74 Å². The molecule has 0 spiro atoms. The van der Waals surface area contributed by atoms with Crippen molar-refractivity contribution in [1.82, 2.24) is 9.97 Å². The molecule has 246 valence electrons. The number of hydrogen-bond acceptors (Lipinski definition) is 4. The summed E-state index contributed by atoms with van der Waals surface area (Å²) in [6, 6.07) is 47.8. The predicted molar refractivity (Wildman–Crippen MR) is 216 cm³/mol. The first-order chi connectivity index (χ1) is 25.7. The maximum atomic E-state index is 6.80. The standard InChI is InChI=1S/C48H32N2OS/c1-2-11-31(12-3-1)39-27-35-14-6-7-15-37(35)46-43(39)40-28-36(24-25-41(40)51-46)48-49-44(47-45(50-48)38-16-8-9-17-42(38)52-47)32-21-18-30(19-22-32)34-23-20-29-10-4-5-13-33(29)26-34/h2,4-28,43,46H,1,3H2. The number of allylic oxidation sites excluding steroid dienone is 4. The van der Waals surface area contributed by atoms with Crippen LogP contribution in [0.4, 0.5) is 0 Å². The van der Waals surface area contributed by atoms with Gasteiger partial charge >= 0.3 is 0 Å². The Morgan fingerprint density at radius 2 is 1.42 bits per heavy atom. The third-order valence-electron chi connectivity index (χ3n) is 10.9. The summed E-state index contributed by atoms with van der Waals surface area (Å²) in [7, 11) is 0. The number of ether oxygens (including phenoxy) is 1. The van der Waals surface area contributed by atoms with E-state index >= 15 is 0 Å². The van der Waals surface area contributed by atoms with Crippen LogP contribution in [0, 0.1) is 0 Å². The smallest absolute Gasteiger partial charge is 0.160 e. The maximum Gasteiger partial charge on any atom is 0.160 e. The zero-order chi connectivity index (χ0) is 34.2. The molecule has 0 bridgehead atoms. The second-order valence-corrected chi connectivity index (χ2v) is 15.0. The van der Waals surface area contributed by atoms with E-state index in [1.54, 1.807) is 11.3 Å². The van der Waals surface area contributed by atoms with E-state index in [0.717, 1.165) is 56.8 Å². The molecule has 3 aliphatic rings. The lowest BCUT2D eigenvalue weighted by Crippen LogP contribution is -2.18. The topological polar surface area (TPSA) is 35.0 Å². The van der Waals surface area contributed by atoms with Crippen LogP contribution >= 0.6 is 11.3 Å². The second kappa shape index (κ2) is 11.7. The third-order valence-corrected chi connectivity index (χ3v) is 12.1. The Morgan fingerprint density at radius 1 is 0.635 bits per heavy atom. The molecule has 2 aromatic heterocycles. The zero-order valence-electron chi connectivity index (χ0n) is 28.3.